The molecule has 2 unspecified atom stereocenters. The van der Waals surface area contributed by atoms with Crippen molar-refractivity contribution in [1.29, 1.82) is 0 Å². The second kappa shape index (κ2) is 15.7. The molecule has 8 nitrogen and oxygen atoms in total. The molecule has 36 heavy (non-hydrogen) atoms. The van der Waals surface area contributed by atoms with E-state index in [0.29, 0.717) is 25.2 Å². The number of carboxylic acids is 2. The Kier molecular flexibility index (Phi) is 12.6. The Hall–Kier alpha value is -3.23. The number of benzene rings is 2. The van der Waals surface area contributed by atoms with Crippen LogP contribution < -0.4 is 0 Å². The summed E-state index contributed by atoms with van der Waals surface area (Å²) in [5.74, 6) is -2.76. The fourth-order valence-corrected chi connectivity index (χ4v) is 4.22. The molecule has 3 rings (SSSR count). The maximum atomic E-state index is 12.9. The number of aliphatic carboxylic acids is 2. The van der Waals surface area contributed by atoms with Gasteiger partial charge in [-0.15, -0.1) is 0 Å². The molecule has 1 saturated heterocycles. The van der Waals surface area contributed by atoms with Crippen LogP contribution >= 0.6 is 0 Å². The number of nitrogens with zero attached hydrogens (tertiary/aromatic N) is 1. The zero-order valence-electron chi connectivity index (χ0n) is 21.1. The van der Waals surface area contributed by atoms with E-state index in [0.717, 1.165) is 45.5 Å². The van der Waals surface area contributed by atoms with Crippen LogP contribution in [0, 0.1) is 5.92 Å². The largest absolute Gasteiger partial charge is 0.478 e. The molecule has 2 aromatic rings. The first-order valence-corrected chi connectivity index (χ1v) is 12.4. The Morgan fingerprint density at radius 3 is 2.33 bits per heavy atom. The van der Waals surface area contributed by atoms with Gasteiger partial charge in [0.1, 0.15) is 6.61 Å². The van der Waals surface area contributed by atoms with Gasteiger partial charge < -0.3 is 24.6 Å². The van der Waals surface area contributed by atoms with E-state index in [9.17, 15) is 14.4 Å². The molecule has 1 fully saturated rings. The highest BCUT2D eigenvalue weighted by molar-refractivity contribution is 5.89. The number of likely N-dealkylation sites (N-methyl/N-ethyl adjacent to an activating group) is 1. The molecule has 8 heteroatoms. The summed E-state index contributed by atoms with van der Waals surface area (Å²) in [5, 5.41) is 18.1. The van der Waals surface area contributed by atoms with Gasteiger partial charge in [-0.3, -0.25) is 4.79 Å². The van der Waals surface area contributed by atoms with E-state index < -0.39 is 11.9 Å². The Morgan fingerprint density at radius 1 is 1.06 bits per heavy atom. The normalized spacial score (nSPS) is 16.0. The number of carbonyl (C=O) groups excluding carboxylic acids is 1. The first-order chi connectivity index (χ1) is 17.3. The fourth-order valence-electron chi connectivity index (χ4n) is 4.22. The van der Waals surface area contributed by atoms with E-state index in [1.54, 1.807) is 0 Å². The van der Waals surface area contributed by atoms with Crippen LogP contribution in [0.1, 0.15) is 38.7 Å². The van der Waals surface area contributed by atoms with Crippen molar-refractivity contribution >= 4 is 28.7 Å². The summed E-state index contributed by atoms with van der Waals surface area (Å²) < 4.78 is 11.5. The van der Waals surface area contributed by atoms with Crippen molar-refractivity contribution in [1.82, 2.24) is 4.90 Å². The van der Waals surface area contributed by atoms with E-state index in [2.05, 4.69) is 61.2 Å². The molecular weight excluding hydrogens is 462 g/mol. The molecule has 1 aliphatic heterocycles. The van der Waals surface area contributed by atoms with Gasteiger partial charge in [0.2, 0.25) is 0 Å². The summed E-state index contributed by atoms with van der Waals surface area (Å²) in [4.78, 5) is 34.3. The van der Waals surface area contributed by atoms with Crippen LogP contribution in [-0.4, -0.2) is 72.0 Å². The molecule has 0 radical (unpaired) electrons. The monoisotopic (exact) mass is 499 g/mol. The third-order valence-electron chi connectivity index (χ3n) is 6.17. The highest BCUT2D eigenvalue weighted by Gasteiger charge is 2.27. The van der Waals surface area contributed by atoms with Crippen LogP contribution in [0.2, 0.25) is 0 Å². The lowest BCUT2D eigenvalue weighted by molar-refractivity contribution is -0.150. The fraction of sp³-hybridized carbons (Fsp3) is 0.464. The predicted molar refractivity (Wildman–Crippen MR) is 138 cm³/mol. The van der Waals surface area contributed by atoms with Gasteiger partial charge in [-0.25, -0.2) is 9.59 Å². The van der Waals surface area contributed by atoms with E-state index in [1.807, 2.05) is 0 Å². The lowest BCUT2D eigenvalue weighted by atomic mass is 9.90. The molecule has 0 aromatic heterocycles. The van der Waals surface area contributed by atoms with Crippen LogP contribution in [0.4, 0.5) is 0 Å². The minimum Gasteiger partial charge on any atom is -0.478 e. The smallest absolute Gasteiger partial charge is 0.328 e. The first-order valence-electron chi connectivity index (χ1n) is 12.4. The van der Waals surface area contributed by atoms with Gasteiger partial charge in [0.15, 0.2) is 0 Å². The number of hydrogen-bond donors (Lipinski definition) is 2. The zero-order valence-corrected chi connectivity index (χ0v) is 21.1. The summed E-state index contributed by atoms with van der Waals surface area (Å²) in [7, 11) is 0. The van der Waals surface area contributed by atoms with Crippen molar-refractivity contribution in [3.05, 3.63) is 60.2 Å². The highest BCUT2D eigenvalue weighted by atomic mass is 16.5. The van der Waals surface area contributed by atoms with Crippen molar-refractivity contribution < 1.29 is 34.1 Å². The quantitative estimate of drug-likeness (QED) is 0.331. The van der Waals surface area contributed by atoms with E-state index in [1.165, 1.54) is 16.3 Å². The van der Waals surface area contributed by atoms with Gasteiger partial charge in [-0.05, 0) is 55.1 Å². The Balaban J connectivity index is 0.000000493. The number of ether oxygens (including phenoxy) is 2. The molecular formula is C28H37NO7. The zero-order chi connectivity index (χ0) is 26.3. The molecule has 2 N–H and O–H groups in total. The summed E-state index contributed by atoms with van der Waals surface area (Å²) in [5.41, 5.74) is 1.21. The summed E-state index contributed by atoms with van der Waals surface area (Å²) >= 11 is 0. The molecule has 0 amide bonds. The molecule has 196 valence electrons. The number of fused-ring (bicyclic) bond motifs is 1. The minimum absolute atomic E-state index is 0.0874. The number of rotatable bonds is 12. The topological polar surface area (TPSA) is 113 Å². The highest BCUT2D eigenvalue weighted by Crippen LogP contribution is 2.27. The Bertz CT molecular complexity index is 989. The Morgan fingerprint density at radius 2 is 1.72 bits per heavy atom. The number of carbonyl (C=O) groups is 3. The Labute approximate surface area is 212 Å². The van der Waals surface area contributed by atoms with Gasteiger partial charge in [0.05, 0.1) is 12.0 Å². The number of esters is 1. The van der Waals surface area contributed by atoms with Crippen LogP contribution in [0.25, 0.3) is 10.8 Å². The van der Waals surface area contributed by atoms with Crippen molar-refractivity contribution in [3.63, 3.8) is 0 Å². The molecule has 1 aliphatic rings. The van der Waals surface area contributed by atoms with Gasteiger partial charge in [-0.1, -0.05) is 56.3 Å². The molecule has 0 aliphatic carbocycles. The van der Waals surface area contributed by atoms with Crippen molar-refractivity contribution in [2.75, 3.05) is 32.8 Å². The minimum atomic E-state index is -1.26. The maximum Gasteiger partial charge on any atom is 0.328 e. The maximum absolute atomic E-state index is 12.9. The second-order valence-electron chi connectivity index (χ2n) is 8.61. The lowest BCUT2D eigenvalue weighted by Gasteiger charge is -2.22. The SMILES string of the molecule is CCN(CC)CCOC(=O)C(Cc1cccc2ccccc12)CC1CCCO1.O=C(O)/C=C/C(=O)O. The van der Waals surface area contributed by atoms with Gasteiger partial charge in [0, 0.05) is 25.3 Å². The van der Waals surface area contributed by atoms with Crippen LogP contribution in [-0.2, 0) is 30.3 Å². The average Bonchev–Trinajstić information content (AvgIpc) is 3.39. The molecule has 2 aromatic carbocycles. The summed E-state index contributed by atoms with van der Waals surface area (Å²) in [6, 6.07) is 14.7. The first kappa shape index (κ1) is 29.0. The van der Waals surface area contributed by atoms with Crippen molar-refractivity contribution in [3.8, 4) is 0 Å². The average molecular weight is 500 g/mol. The molecule has 0 saturated carbocycles. The number of carboxylic acid groups (broad SMARTS) is 2. The summed E-state index contributed by atoms with van der Waals surface area (Å²) in [6.45, 7) is 8.27. The lowest BCUT2D eigenvalue weighted by Crippen LogP contribution is -2.30. The van der Waals surface area contributed by atoms with E-state index in [-0.39, 0.29) is 18.0 Å². The second-order valence-corrected chi connectivity index (χ2v) is 8.61. The molecule has 2 atom stereocenters. The van der Waals surface area contributed by atoms with E-state index in [4.69, 9.17) is 19.7 Å². The summed E-state index contributed by atoms with van der Waals surface area (Å²) in [6.07, 6.45) is 4.86. The number of hydrogen-bond acceptors (Lipinski definition) is 6. The van der Waals surface area contributed by atoms with Crippen LogP contribution in [0.3, 0.4) is 0 Å². The van der Waals surface area contributed by atoms with Crippen molar-refractivity contribution in [2.45, 2.75) is 45.6 Å². The van der Waals surface area contributed by atoms with Crippen molar-refractivity contribution in [2.24, 2.45) is 5.92 Å². The van der Waals surface area contributed by atoms with Gasteiger partial charge in [-0.2, -0.15) is 0 Å². The molecule has 0 spiro atoms. The van der Waals surface area contributed by atoms with E-state index >= 15 is 0 Å². The molecule has 1 heterocycles. The molecule has 0 bridgehead atoms. The van der Waals surface area contributed by atoms with Gasteiger partial charge >= 0.3 is 17.9 Å². The van der Waals surface area contributed by atoms with Crippen LogP contribution in [0.5, 0.6) is 0 Å². The predicted octanol–water partition coefficient (Wildman–Crippen LogP) is 4.16. The standard InChI is InChI=1S/C24H33NO3.C4H4O4/c1-3-25(4-2)14-16-28-24(26)21(18-22-12-8-15-27-22)17-20-11-7-10-19-9-5-6-13-23(19)20;5-3(6)1-2-4(7)8/h5-7,9-11,13,21-22H,3-4,8,12,14-18H2,1-2H3;1-2H,(H,5,6)(H,7,8)/b;2-1+. The third-order valence-corrected chi connectivity index (χ3v) is 6.17. The van der Waals surface area contributed by atoms with Gasteiger partial charge in [0.25, 0.3) is 0 Å². The third kappa shape index (κ3) is 10.2. The van der Waals surface area contributed by atoms with Crippen LogP contribution in [0.15, 0.2) is 54.6 Å².